The molecule has 0 aliphatic carbocycles. The number of furan rings is 1. The maximum absolute atomic E-state index is 7.47. The summed E-state index contributed by atoms with van der Waals surface area (Å²) in [5.74, 6) is 8.00. The standard InChI is InChI=1S/C48H35NO.2C2H6.H4N2/c49-48(40-19-5-2-6-20-40,41-27-24-35(25-28-41)34-13-3-1-4-14-34)32-33-12-9-16-37(30-33)38-17-10-18-39(31-38)43-22-11-23-44-47(43)46-42-21-8-7-15-36(42)26-29-45(46)50-44;3*1-2/h1-31H,32,49H2;2*1-2H3;1-2H2. The quantitative estimate of drug-likeness (QED) is 0.112. The maximum Gasteiger partial charge on any atom is 0.136 e. The Balaban J connectivity index is 0.000000847. The Morgan fingerprint density at radius 1 is 0.429 bits per heavy atom. The molecule has 1 atom stereocenters. The van der Waals surface area contributed by atoms with Crippen molar-refractivity contribution < 1.29 is 4.42 Å². The minimum absolute atomic E-state index is 0.655. The monoisotopic (exact) mass is 733 g/mol. The molecule has 0 aliphatic rings. The molecule has 1 unspecified atom stereocenters. The van der Waals surface area contributed by atoms with Gasteiger partial charge in [-0.15, -0.1) is 0 Å². The van der Waals surface area contributed by atoms with E-state index in [-0.39, 0.29) is 0 Å². The van der Waals surface area contributed by atoms with E-state index in [4.69, 9.17) is 10.2 Å². The molecule has 9 aromatic rings. The minimum Gasteiger partial charge on any atom is -0.456 e. The summed E-state index contributed by atoms with van der Waals surface area (Å²) in [6.07, 6.45) is 0.655. The molecule has 0 amide bonds. The maximum atomic E-state index is 7.47. The molecule has 8 aromatic carbocycles. The lowest BCUT2D eigenvalue weighted by Crippen LogP contribution is -2.40. The summed E-state index contributed by atoms with van der Waals surface area (Å²) in [6, 6.07) is 66.5. The summed E-state index contributed by atoms with van der Waals surface area (Å²) in [6.45, 7) is 8.00. The van der Waals surface area contributed by atoms with Gasteiger partial charge >= 0.3 is 0 Å². The van der Waals surface area contributed by atoms with E-state index in [1.807, 2.05) is 39.8 Å². The number of benzene rings is 8. The van der Waals surface area contributed by atoms with Gasteiger partial charge in [-0.3, -0.25) is 11.7 Å². The molecule has 1 heterocycles. The van der Waals surface area contributed by atoms with Crippen LogP contribution in [0.4, 0.5) is 0 Å². The Morgan fingerprint density at radius 2 is 0.964 bits per heavy atom. The van der Waals surface area contributed by atoms with Gasteiger partial charge in [0.25, 0.3) is 0 Å². The molecule has 0 fully saturated rings. The topological polar surface area (TPSA) is 91.2 Å². The molecule has 56 heavy (non-hydrogen) atoms. The van der Waals surface area contributed by atoms with Crippen LogP contribution in [0.25, 0.3) is 66.1 Å². The largest absolute Gasteiger partial charge is 0.456 e. The number of hydrogen-bond acceptors (Lipinski definition) is 4. The van der Waals surface area contributed by atoms with Crippen molar-refractivity contribution in [2.75, 3.05) is 0 Å². The Labute approximate surface area is 331 Å². The van der Waals surface area contributed by atoms with Crippen molar-refractivity contribution in [3.63, 3.8) is 0 Å². The lowest BCUT2D eigenvalue weighted by Gasteiger charge is -2.31. The van der Waals surface area contributed by atoms with Gasteiger partial charge in [-0.25, -0.2) is 0 Å². The molecule has 0 radical (unpaired) electrons. The van der Waals surface area contributed by atoms with E-state index >= 15 is 0 Å². The van der Waals surface area contributed by atoms with Gasteiger partial charge in [-0.2, -0.15) is 0 Å². The summed E-state index contributed by atoms with van der Waals surface area (Å²) in [4.78, 5) is 0. The Kier molecular flexibility index (Phi) is 12.9. The fraction of sp³-hybridized carbons (Fsp3) is 0.115. The van der Waals surface area contributed by atoms with Crippen LogP contribution in [0.15, 0.2) is 192 Å². The van der Waals surface area contributed by atoms with Crippen LogP contribution in [0.5, 0.6) is 0 Å². The van der Waals surface area contributed by atoms with E-state index < -0.39 is 5.54 Å². The third kappa shape index (κ3) is 7.91. The molecule has 4 nitrogen and oxygen atoms in total. The highest BCUT2D eigenvalue weighted by molar-refractivity contribution is 6.22. The van der Waals surface area contributed by atoms with Crippen LogP contribution in [0.2, 0.25) is 0 Å². The third-order valence-electron chi connectivity index (χ3n) is 10.1. The molecular weight excluding hydrogens is 683 g/mol. The highest BCUT2D eigenvalue weighted by atomic mass is 16.3. The Hall–Kier alpha value is -6.30. The van der Waals surface area contributed by atoms with Crippen molar-refractivity contribution in [3.05, 3.63) is 205 Å². The first-order chi connectivity index (χ1) is 27.6. The highest BCUT2D eigenvalue weighted by Crippen LogP contribution is 2.41. The van der Waals surface area contributed by atoms with Crippen molar-refractivity contribution in [1.29, 1.82) is 0 Å². The molecule has 9 rings (SSSR count). The fourth-order valence-corrected chi connectivity index (χ4v) is 7.57. The van der Waals surface area contributed by atoms with E-state index in [2.05, 4.69) is 188 Å². The first kappa shape index (κ1) is 39.4. The normalized spacial score (nSPS) is 11.7. The number of rotatable bonds is 7. The molecule has 0 saturated heterocycles. The van der Waals surface area contributed by atoms with Crippen LogP contribution in [0, 0.1) is 0 Å². The first-order valence-electron chi connectivity index (χ1n) is 19.5. The molecule has 1 aromatic heterocycles. The summed E-state index contributed by atoms with van der Waals surface area (Å²) < 4.78 is 6.39. The zero-order valence-electron chi connectivity index (χ0n) is 32.7. The van der Waals surface area contributed by atoms with Crippen LogP contribution in [0.1, 0.15) is 44.4 Å². The van der Waals surface area contributed by atoms with E-state index in [1.165, 1.54) is 33.0 Å². The predicted molar refractivity (Wildman–Crippen MR) is 240 cm³/mol. The van der Waals surface area contributed by atoms with Crippen molar-refractivity contribution in [2.24, 2.45) is 17.4 Å². The second-order valence-electron chi connectivity index (χ2n) is 13.2. The zero-order valence-corrected chi connectivity index (χ0v) is 32.7. The van der Waals surface area contributed by atoms with Crippen molar-refractivity contribution in [3.8, 4) is 33.4 Å². The van der Waals surface area contributed by atoms with Gasteiger partial charge in [0.2, 0.25) is 0 Å². The molecular formula is C52H51N3O. The van der Waals surface area contributed by atoms with Crippen LogP contribution in [-0.4, -0.2) is 0 Å². The van der Waals surface area contributed by atoms with Gasteiger partial charge < -0.3 is 10.2 Å². The summed E-state index contributed by atoms with van der Waals surface area (Å²) >= 11 is 0. The predicted octanol–water partition coefficient (Wildman–Crippen LogP) is 13.1. The molecule has 0 aliphatic heterocycles. The molecule has 0 bridgehead atoms. The average Bonchev–Trinajstić information content (AvgIpc) is 3.69. The smallest absolute Gasteiger partial charge is 0.136 e. The Morgan fingerprint density at radius 3 is 1.70 bits per heavy atom. The van der Waals surface area contributed by atoms with Crippen molar-refractivity contribution in [1.82, 2.24) is 0 Å². The zero-order chi connectivity index (χ0) is 39.5. The lowest BCUT2D eigenvalue weighted by molar-refractivity contribution is 0.535. The van der Waals surface area contributed by atoms with Gasteiger partial charge in [0.05, 0.1) is 5.54 Å². The van der Waals surface area contributed by atoms with E-state index in [0.717, 1.165) is 49.8 Å². The van der Waals surface area contributed by atoms with Crippen LogP contribution in [-0.2, 0) is 12.0 Å². The van der Waals surface area contributed by atoms with Gasteiger partial charge in [-0.05, 0) is 85.5 Å². The summed E-state index contributed by atoms with van der Waals surface area (Å²) in [7, 11) is 0. The van der Waals surface area contributed by atoms with Crippen LogP contribution < -0.4 is 17.4 Å². The van der Waals surface area contributed by atoms with Crippen LogP contribution in [0.3, 0.4) is 0 Å². The van der Waals surface area contributed by atoms with Gasteiger partial charge in [0.1, 0.15) is 11.2 Å². The highest BCUT2D eigenvalue weighted by Gasteiger charge is 2.30. The third-order valence-corrected chi connectivity index (χ3v) is 10.1. The number of nitrogens with two attached hydrogens (primary N) is 3. The number of fused-ring (bicyclic) bond motifs is 5. The second kappa shape index (κ2) is 18.4. The molecule has 0 spiro atoms. The summed E-state index contributed by atoms with van der Waals surface area (Å²) in [5.41, 5.74) is 18.9. The summed E-state index contributed by atoms with van der Waals surface area (Å²) in [5, 5.41) is 4.73. The van der Waals surface area contributed by atoms with Gasteiger partial charge in [-0.1, -0.05) is 198 Å². The average molecular weight is 734 g/mol. The molecule has 280 valence electrons. The lowest BCUT2D eigenvalue weighted by atomic mass is 9.78. The van der Waals surface area contributed by atoms with E-state index in [0.29, 0.717) is 6.42 Å². The van der Waals surface area contributed by atoms with E-state index in [9.17, 15) is 0 Å². The number of hydrazine groups is 1. The van der Waals surface area contributed by atoms with Crippen LogP contribution >= 0.6 is 0 Å². The minimum atomic E-state index is -0.711. The fourth-order valence-electron chi connectivity index (χ4n) is 7.57. The molecule has 0 saturated carbocycles. The SMILES string of the molecule is CC.CC.NC(Cc1cccc(-c2cccc(-c3cccc4oc5ccc6ccccc6c5c34)c2)c1)(c1ccccc1)c1ccc(-c2ccccc2)cc1.NN. The Bertz CT molecular complexity index is 2630. The van der Waals surface area contributed by atoms with Crippen molar-refractivity contribution >= 4 is 32.7 Å². The van der Waals surface area contributed by atoms with E-state index in [1.54, 1.807) is 0 Å². The first-order valence-corrected chi connectivity index (χ1v) is 19.5. The van der Waals surface area contributed by atoms with Crippen molar-refractivity contribution in [2.45, 2.75) is 39.7 Å². The molecule has 4 heteroatoms. The van der Waals surface area contributed by atoms with Gasteiger partial charge in [0.15, 0.2) is 0 Å². The number of hydrogen-bond donors (Lipinski definition) is 3. The van der Waals surface area contributed by atoms with Gasteiger partial charge in [0, 0.05) is 10.8 Å². The molecule has 6 N–H and O–H groups in total. The second-order valence-corrected chi connectivity index (χ2v) is 13.2.